The van der Waals surface area contributed by atoms with Crippen molar-refractivity contribution in [3.05, 3.63) is 36.3 Å². The Morgan fingerprint density at radius 2 is 2.31 bits per heavy atom. The Morgan fingerprint density at radius 3 is 3.04 bits per heavy atom. The van der Waals surface area contributed by atoms with E-state index in [9.17, 15) is 9.59 Å². The molecule has 0 saturated carbocycles. The summed E-state index contributed by atoms with van der Waals surface area (Å²) in [6, 6.07) is 5.62. The fourth-order valence-corrected chi connectivity index (χ4v) is 3.10. The molecule has 2 atom stereocenters. The minimum Gasteiger partial charge on any atom is -0.353 e. The first kappa shape index (κ1) is 18.1. The van der Waals surface area contributed by atoms with Gasteiger partial charge in [0.15, 0.2) is 0 Å². The number of nitrogens with one attached hydrogen (secondary N) is 2. The average Bonchev–Trinajstić information content (AvgIpc) is 3.18. The number of pyridine rings is 1. The Balaban J connectivity index is 1.66. The Hall–Kier alpha value is -2.70. The van der Waals surface area contributed by atoms with Crippen LogP contribution in [-0.2, 0) is 4.79 Å². The van der Waals surface area contributed by atoms with Crippen LogP contribution >= 0.6 is 0 Å². The van der Waals surface area contributed by atoms with Gasteiger partial charge in [-0.25, -0.2) is 0 Å². The van der Waals surface area contributed by atoms with Crippen LogP contribution in [-0.4, -0.2) is 51.0 Å². The summed E-state index contributed by atoms with van der Waals surface area (Å²) in [6.07, 6.45) is 5.94. The van der Waals surface area contributed by atoms with Gasteiger partial charge in [-0.2, -0.15) is 5.10 Å². The van der Waals surface area contributed by atoms with Crippen LogP contribution in [0.5, 0.6) is 0 Å². The van der Waals surface area contributed by atoms with Crippen molar-refractivity contribution in [1.82, 2.24) is 25.4 Å². The molecule has 3 rings (SSSR count). The fraction of sp³-hybridized carbons (Fsp3) is 0.474. The molecule has 1 aliphatic heterocycles. The predicted octanol–water partition coefficient (Wildman–Crippen LogP) is 2.24. The molecule has 2 amide bonds. The van der Waals surface area contributed by atoms with Crippen LogP contribution in [0.25, 0.3) is 11.3 Å². The molecule has 0 aromatic carbocycles. The number of rotatable bonds is 5. The van der Waals surface area contributed by atoms with Crippen LogP contribution in [0.2, 0.25) is 0 Å². The molecule has 26 heavy (non-hydrogen) atoms. The van der Waals surface area contributed by atoms with E-state index in [4.69, 9.17) is 0 Å². The van der Waals surface area contributed by atoms with E-state index in [1.54, 1.807) is 23.4 Å². The third-order valence-electron chi connectivity index (χ3n) is 4.85. The van der Waals surface area contributed by atoms with Gasteiger partial charge in [0, 0.05) is 37.1 Å². The maximum absolute atomic E-state index is 12.8. The molecule has 2 N–H and O–H groups in total. The standard InChI is InChI=1S/C19H25N5O2/c1-3-13(2)21-18(25)15-7-5-9-24(12-15)19(26)17-10-16(22-23-17)14-6-4-8-20-11-14/h4,6,8,10-11,13,15H,3,5,7,9,12H2,1-2H3,(H,21,25)(H,22,23)/t13-,15-/m0/s1. The van der Waals surface area contributed by atoms with Gasteiger partial charge in [-0.05, 0) is 44.4 Å². The minimum absolute atomic E-state index is 0.0394. The maximum atomic E-state index is 12.8. The molecule has 0 aliphatic carbocycles. The highest BCUT2D eigenvalue weighted by atomic mass is 16.2. The number of H-pyrrole nitrogens is 1. The molecular weight excluding hydrogens is 330 g/mol. The Kier molecular flexibility index (Phi) is 5.65. The zero-order valence-corrected chi connectivity index (χ0v) is 15.2. The number of likely N-dealkylation sites (tertiary alicyclic amines) is 1. The van der Waals surface area contributed by atoms with E-state index in [1.807, 2.05) is 26.0 Å². The molecule has 0 unspecified atom stereocenters. The van der Waals surface area contributed by atoms with Crippen LogP contribution in [0, 0.1) is 5.92 Å². The third kappa shape index (κ3) is 4.09. The number of amides is 2. The highest BCUT2D eigenvalue weighted by Crippen LogP contribution is 2.21. The second-order valence-corrected chi connectivity index (χ2v) is 6.82. The van der Waals surface area contributed by atoms with Gasteiger partial charge in [0.1, 0.15) is 5.69 Å². The van der Waals surface area contributed by atoms with Gasteiger partial charge < -0.3 is 10.2 Å². The number of hydrogen-bond donors (Lipinski definition) is 2. The lowest BCUT2D eigenvalue weighted by molar-refractivity contribution is -0.126. The molecule has 1 fully saturated rings. The summed E-state index contributed by atoms with van der Waals surface area (Å²) in [6.45, 7) is 5.14. The zero-order valence-electron chi connectivity index (χ0n) is 15.2. The van der Waals surface area contributed by atoms with Crippen molar-refractivity contribution in [1.29, 1.82) is 0 Å². The SMILES string of the molecule is CC[C@H](C)NC(=O)[C@H]1CCCN(C(=O)c2cc(-c3cccnc3)n[nH]2)C1. The van der Waals surface area contributed by atoms with E-state index in [0.29, 0.717) is 24.5 Å². The van der Waals surface area contributed by atoms with Crippen molar-refractivity contribution < 1.29 is 9.59 Å². The number of carbonyl (C=O) groups excluding carboxylic acids is 2. The van der Waals surface area contributed by atoms with E-state index < -0.39 is 0 Å². The van der Waals surface area contributed by atoms with Crippen molar-refractivity contribution in [3.8, 4) is 11.3 Å². The van der Waals surface area contributed by atoms with Gasteiger partial charge in [-0.15, -0.1) is 0 Å². The Labute approximate surface area is 153 Å². The Morgan fingerprint density at radius 1 is 1.46 bits per heavy atom. The topological polar surface area (TPSA) is 91.0 Å². The lowest BCUT2D eigenvalue weighted by Gasteiger charge is -2.32. The number of nitrogens with zero attached hydrogens (tertiary/aromatic N) is 3. The lowest BCUT2D eigenvalue weighted by Crippen LogP contribution is -2.47. The summed E-state index contributed by atoms with van der Waals surface area (Å²) in [5, 5.41) is 10.1. The van der Waals surface area contributed by atoms with Gasteiger partial charge in [-0.1, -0.05) is 6.92 Å². The summed E-state index contributed by atoms with van der Waals surface area (Å²) >= 11 is 0. The van der Waals surface area contributed by atoms with E-state index in [-0.39, 0.29) is 23.8 Å². The first-order valence-electron chi connectivity index (χ1n) is 9.14. The molecule has 7 nitrogen and oxygen atoms in total. The molecule has 0 spiro atoms. The molecule has 1 aliphatic rings. The van der Waals surface area contributed by atoms with Gasteiger partial charge in [0.25, 0.3) is 5.91 Å². The second-order valence-electron chi connectivity index (χ2n) is 6.82. The zero-order chi connectivity index (χ0) is 18.5. The smallest absolute Gasteiger partial charge is 0.271 e. The molecule has 0 radical (unpaired) electrons. The van der Waals surface area contributed by atoms with E-state index in [1.165, 1.54) is 0 Å². The van der Waals surface area contributed by atoms with Crippen LogP contribution in [0.4, 0.5) is 0 Å². The summed E-state index contributed by atoms with van der Waals surface area (Å²) < 4.78 is 0. The van der Waals surface area contributed by atoms with Gasteiger partial charge in [-0.3, -0.25) is 19.7 Å². The third-order valence-corrected chi connectivity index (χ3v) is 4.85. The van der Waals surface area contributed by atoms with Gasteiger partial charge in [0.2, 0.25) is 5.91 Å². The molecular formula is C19H25N5O2. The fourth-order valence-electron chi connectivity index (χ4n) is 3.10. The summed E-state index contributed by atoms with van der Waals surface area (Å²) in [5.41, 5.74) is 1.98. The highest BCUT2D eigenvalue weighted by molar-refractivity contribution is 5.94. The molecule has 2 aromatic heterocycles. The van der Waals surface area contributed by atoms with Crippen LogP contribution < -0.4 is 5.32 Å². The summed E-state index contributed by atoms with van der Waals surface area (Å²) in [7, 11) is 0. The first-order chi connectivity index (χ1) is 12.6. The molecule has 7 heteroatoms. The largest absolute Gasteiger partial charge is 0.353 e. The number of carbonyl (C=O) groups is 2. The van der Waals surface area contributed by atoms with Crippen molar-refractivity contribution in [2.75, 3.05) is 13.1 Å². The van der Waals surface area contributed by atoms with E-state index >= 15 is 0 Å². The highest BCUT2D eigenvalue weighted by Gasteiger charge is 2.30. The predicted molar refractivity (Wildman–Crippen MR) is 98.3 cm³/mol. The van der Waals surface area contributed by atoms with Gasteiger partial charge >= 0.3 is 0 Å². The molecule has 138 valence electrons. The first-order valence-corrected chi connectivity index (χ1v) is 9.14. The number of hydrogen-bond acceptors (Lipinski definition) is 4. The van der Waals surface area contributed by atoms with Gasteiger partial charge in [0.05, 0.1) is 11.6 Å². The van der Waals surface area contributed by atoms with Crippen molar-refractivity contribution in [3.63, 3.8) is 0 Å². The quantitative estimate of drug-likeness (QED) is 0.860. The molecule has 2 aromatic rings. The number of aromatic nitrogens is 3. The Bertz CT molecular complexity index is 758. The molecule has 0 bridgehead atoms. The van der Waals surface area contributed by atoms with Crippen molar-refractivity contribution in [2.24, 2.45) is 5.92 Å². The maximum Gasteiger partial charge on any atom is 0.271 e. The van der Waals surface area contributed by atoms with Crippen LogP contribution in [0.3, 0.4) is 0 Å². The van der Waals surface area contributed by atoms with Crippen molar-refractivity contribution >= 4 is 11.8 Å². The average molecular weight is 355 g/mol. The second kappa shape index (κ2) is 8.12. The molecule has 3 heterocycles. The summed E-state index contributed by atoms with van der Waals surface area (Å²) in [5.74, 6) is -0.228. The van der Waals surface area contributed by atoms with Crippen LogP contribution in [0.1, 0.15) is 43.6 Å². The minimum atomic E-state index is -0.151. The van der Waals surface area contributed by atoms with Crippen LogP contribution in [0.15, 0.2) is 30.6 Å². The molecule has 1 saturated heterocycles. The monoisotopic (exact) mass is 355 g/mol. The normalized spacial score (nSPS) is 18.4. The number of piperidine rings is 1. The van der Waals surface area contributed by atoms with E-state index in [2.05, 4.69) is 20.5 Å². The number of aromatic amines is 1. The summed E-state index contributed by atoms with van der Waals surface area (Å²) in [4.78, 5) is 31.0. The lowest BCUT2D eigenvalue weighted by atomic mass is 9.96. The van der Waals surface area contributed by atoms with E-state index in [0.717, 1.165) is 24.8 Å². The van der Waals surface area contributed by atoms with Crippen molar-refractivity contribution in [2.45, 2.75) is 39.2 Å².